The molecule has 2 rings (SSSR count). The van der Waals surface area contributed by atoms with Crippen LogP contribution in [0.5, 0.6) is 0 Å². The lowest BCUT2D eigenvalue weighted by atomic mass is 9.98. The summed E-state index contributed by atoms with van der Waals surface area (Å²) in [6.07, 6.45) is 4.29. The first-order valence-corrected chi connectivity index (χ1v) is 6.35. The molecule has 0 amide bonds. The molecule has 0 saturated heterocycles. The summed E-state index contributed by atoms with van der Waals surface area (Å²) in [5, 5.41) is 3.66. The van der Waals surface area contributed by atoms with Crippen LogP contribution in [0.3, 0.4) is 0 Å². The predicted octanol–water partition coefficient (Wildman–Crippen LogP) is 2.95. The molecule has 1 N–H and O–H groups in total. The van der Waals surface area contributed by atoms with Crippen molar-refractivity contribution in [3.05, 3.63) is 29.6 Å². The van der Waals surface area contributed by atoms with Crippen LogP contribution in [0, 0.1) is 11.8 Å². The molecule has 1 heterocycles. The van der Waals surface area contributed by atoms with Crippen molar-refractivity contribution >= 4 is 0 Å². The highest BCUT2D eigenvalue weighted by Crippen LogP contribution is 2.29. The maximum absolute atomic E-state index is 4.50. The molecule has 1 aliphatic carbocycles. The summed E-state index contributed by atoms with van der Waals surface area (Å²) in [6.45, 7) is 7.98. The molecule has 1 aromatic heterocycles. The molecule has 0 bridgehead atoms. The smallest absolute Gasteiger partial charge is 0.0605 e. The van der Waals surface area contributed by atoms with Crippen LogP contribution in [0.4, 0.5) is 0 Å². The number of rotatable bonds is 4. The summed E-state index contributed by atoms with van der Waals surface area (Å²) in [5.74, 6) is 1.48. The van der Waals surface area contributed by atoms with Gasteiger partial charge in [0.15, 0.2) is 0 Å². The van der Waals surface area contributed by atoms with Crippen LogP contribution in [0.2, 0.25) is 0 Å². The van der Waals surface area contributed by atoms with Crippen molar-refractivity contribution in [1.29, 1.82) is 0 Å². The van der Waals surface area contributed by atoms with Gasteiger partial charge >= 0.3 is 0 Å². The highest BCUT2D eigenvalue weighted by Gasteiger charge is 2.23. The number of hydrogen-bond acceptors (Lipinski definition) is 2. The topological polar surface area (TPSA) is 24.9 Å². The van der Waals surface area contributed by atoms with E-state index in [1.165, 1.54) is 24.1 Å². The van der Waals surface area contributed by atoms with E-state index in [1.54, 1.807) is 0 Å². The largest absolute Gasteiger partial charge is 0.308 e. The Morgan fingerprint density at radius 2 is 2.25 bits per heavy atom. The predicted molar refractivity (Wildman–Crippen MR) is 67.3 cm³/mol. The fourth-order valence-corrected chi connectivity index (χ4v) is 2.18. The average Bonchev–Trinajstić information content (AvgIpc) is 2.69. The van der Waals surface area contributed by atoms with Gasteiger partial charge in [-0.05, 0) is 42.9 Å². The Balaban J connectivity index is 1.93. The lowest BCUT2D eigenvalue weighted by molar-refractivity contribution is 0.366. The van der Waals surface area contributed by atoms with Gasteiger partial charge < -0.3 is 5.32 Å². The van der Waals surface area contributed by atoms with Crippen LogP contribution in [0.1, 0.15) is 44.5 Å². The normalized spacial score (nSPS) is 21.1. The Bertz CT molecular complexity index is 346. The third-order valence-corrected chi connectivity index (χ3v) is 3.78. The quantitative estimate of drug-likeness (QED) is 0.840. The highest BCUT2D eigenvalue weighted by atomic mass is 14.9. The molecule has 2 heteroatoms. The number of fused-ring (bicyclic) bond motifs is 1. The molecule has 0 aliphatic heterocycles. The number of nitrogens with zero attached hydrogens (tertiary/aromatic N) is 1. The number of pyridine rings is 1. The van der Waals surface area contributed by atoms with E-state index < -0.39 is 0 Å². The van der Waals surface area contributed by atoms with E-state index in [2.05, 4.69) is 37.1 Å². The standard InChI is InChI=1S/C14H22N2/c1-10(2)11(3)9-16-13-7-6-12-5-4-8-15-14(12)13/h4-5,8,10-11,13,16H,6-7,9H2,1-3H3. The maximum atomic E-state index is 4.50. The van der Waals surface area contributed by atoms with Crippen LogP contribution in [-0.2, 0) is 6.42 Å². The van der Waals surface area contributed by atoms with Crippen molar-refractivity contribution < 1.29 is 0 Å². The van der Waals surface area contributed by atoms with Crippen LogP contribution in [-0.4, -0.2) is 11.5 Å². The van der Waals surface area contributed by atoms with Crippen LogP contribution >= 0.6 is 0 Å². The number of nitrogens with one attached hydrogen (secondary N) is 1. The second kappa shape index (κ2) is 4.96. The van der Waals surface area contributed by atoms with Gasteiger partial charge in [0.1, 0.15) is 0 Å². The number of aryl methyl sites for hydroxylation is 1. The number of hydrogen-bond donors (Lipinski definition) is 1. The molecule has 0 aromatic carbocycles. The molecule has 2 atom stereocenters. The summed E-state index contributed by atoms with van der Waals surface area (Å²) in [7, 11) is 0. The van der Waals surface area contributed by atoms with Crippen molar-refractivity contribution in [2.24, 2.45) is 11.8 Å². The fraction of sp³-hybridized carbons (Fsp3) is 0.643. The van der Waals surface area contributed by atoms with Crippen molar-refractivity contribution in [3.63, 3.8) is 0 Å². The molecule has 1 aromatic rings. The third-order valence-electron chi connectivity index (χ3n) is 3.78. The fourth-order valence-electron chi connectivity index (χ4n) is 2.18. The minimum atomic E-state index is 0.484. The van der Waals surface area contributed by atoms with Gasteiger partial charge in [-0.1, -0.05) is 26.8 Å². The maximum Gasteiger partial charge on any atom is 0.0605 e. The van der Waals surface area contributed by atoms with Gasteiger partial charge in [-0.25, -0.2) is 0 Å². The molecule has 0 fully saturated rings. The molecule has 88 valence electrons. The first kappa shape index (κ1) is 11.6. The van der Waals surface area contributed by atoms with E-state index in [4.69, 9.17) is 0 Å². The molecular weight excluding hydrogens is 196 g/mol. The SMILES string of the molecule is CC(C)C(C)CNC1CCc2cccnc21. The van der Waals surface area contributed by atoms with Gasteiger partial charge in [-0.2, -0.15) is 0 Å². The van der Waals surface area contributed by atoms with E-state index in [0.29, 0.717) is 6.04 Å². The van der Waals surface area contributed by atoms with Crippen LogP contribution in [0.25, 0.3) is 0 Å². The Morgan fingerprint density at radius 3 is 3.00 bits per heavy atom. The lowest BCUT2D eigenvalue weighted by Gasteiger charge is -2.19. The van der Waals surface area contributed by atoms with Gasteiger partial charge in [0.25, 0.3) is 0 Å². The van der Waals surface area contributed by atoms with Gasteiger partial charge in [0.05, 0.1) is 11.7 Å². The highest BCUT2D eigenvalue weighted by molar-refractivity contribution is 5.27. The zero-order chi connectivity index (χ0) is 11.5. The number of aromatic nitrogens is 1. The van der Waals surface area contributed by atoms with E-state index in [0.717, 1.165) is 18.4 Å². The van der Waals surface area contributed by atoms with Gasteiger partial charge in [0, 0.05) is 6.20 Å². The molecule has 0 saturated carbocycles. The summed E-state index contributed by atoms with van der Waals surface area (Å²) in [6, 6.07) is 4.73. The Hall–Kier alpha value is -0.890. The van der Waals surface area contributed by atoms with Crippen LogP contribution in [0.15, 0.2) is 18.3 Å². The van der Waals surface area contributed by atoms with Gasteiger partial charge in [-0.15, -0.1) is 0 Å². The lowest BCUT2D eigenvalue weighted by Crippen LogP contribution is -2.27. The average molecular weight is 218 g/mol. The zero-order valence-electron chi connectivity index (χ0n) is 10.5. The first-order chi connectivity index (χ1) is 7.68. The Kier molecular flexibility index (Phi) is 3.59. The minimum absolute atomic E-state index is 0.484. The van der Waals surface area contributed by atoms with Crippen molar-refractivity contribution in [2.75, 3.05) is 6.54 Å². The third kappa shape index (κ3) is 2.43. The van der Waals surface area contributed by atoms with E-state index in [9.17, 15) is 0 Å². The van der Waals surface area contributed by atoms with Crippen LogP contribution < -0.4 is 5.32 Å². The first-order valence-electron chi connectivity index (χ1n) is 6.35. The van der Waals surface area contributed by atoms with E-state index >= 15 is 0 Å². The molecule has 0 radical (unpaired) electrons. The Labute approximate surface area is 98.5 Å². The summed E-state index contributed by atoms with van der Waals surface area (Å²) in [4.78, 5) is 4.50. The molecule has 2 unspecified atom stereocenters. The second-order valence-corrected chi connectivity index (χ2v) is 5.27. The van der Waals surface area contributed by atoms with E-state index in [1.807, 2.05) is 12.3 Å². The van der Waals surface area contributed by atoms with E-state index in [-0.39, 0.29) is 0 Å². The van der Waals surface area contributed by atoms with Crippen molar-refractivity contribution in [2.45, 2.75) is 39.7 Å². The van der Waals surface area contributed by atoms with Gasteiger partial charge in [-0.3, -0.25) is 4.98 Å². The second-order valence-electron chi connectivity index (χ2n) is 5.27. The Morgan fingerprint density at radius 1 is 1.44 bits per heavy atom. The monoisotopic (exact) mass is 218 g/mol. The summed E-state index contributed by atoms with van der Waals surface area (Å²) < 4.78 is 0. The minimum Gasteiger partial charge on any atom is -0.308 e. The molecule has 1 aliphatic rings. The zero-order valence-corrected chi connectivity index (χ0v) is 10.5. The molecule has 2 nitrogen and oxygen atoms in total. The summed E-state index contributed by atoms with van der Waals surface area (Å²) >= 11 is 0. The van der Waals surface area contributed by atoms with Crippen molar-refractivity contribution in [3.8, 4) is 0 Å². The molecule has 0 spiro atoms. The molecular formula is C14H22N2. The summed E-state index contributed by atoms with van der Waals surface area (Å²) in [5.41, 5.74) is 2.70. The van der Waals surface area contributed by atoms with Crippen molar-refractivity contribution in [1.82, 2.24) is 10.3 Å². The van der Waals surface area contributed by atoms with Gasteiger partial charge in [0.2, 0.25) is 0 Å². The molecule has 16 heavy (non-hydrogen) atoms.